The van der Waals surface area contributed by atoms with Gasteiger partial charge < -0.3 is 0 Å². The van der Waals surface area contributed by atoms with E-state index in [1.807, 2.05) is 0 Å². The number of amides is 2. The Morgan fingerprint density at radius 1 is 1.15 bits per heavy atom. The number of carbonyl (C=O) groups is 2. The number of nitrogens with zero attached hydrogens (tertiary/aromatic N) is 2. The van der Waals surface area contributed by atoms with Crippen molar-refractivity contribution in [3.05, 3.63) is 75.1 Å². The molecule has 7 nitrogen and oxygen atoms in total. The largest absolute Gasteiger partial charge is 0.282 e. The number of nitro benzene ring substituents is 1. The highest BCUT2D eigenvalue weighted by molar-refractivity contribution is 6.01. The minimum Gasteiger partial charge on any atom is -0.267 e. The second kappa shape index (κ2) is 7.53. The van der Waals surface area contributed by atoms with Crippen LogP contribution in [-0.4, -0.2) is 27.3 Å². The lowest BCUT2D eigenvalue weighted by Gasteiger charge is -2.35. The SMILES string of the molecule is Cc1ccc(C(=O)NN(C(=O)c2ccccc2[N+](=O)[O-])C(C)(C)C)cc1F. The Hall–Kier alpha value is -3.29. The zero-order valence-corrected chi connectivity index (χ0v) is 15.4. The van der Waals surface area contributed by atoms with E-state index < -0.39 is 28.1 Å². The van der Waals surface area contributed by atoms with Crippen LogP contribution in [0.15, 0.2) is 42.5 Å². The van der Waals surface area contributed by atoms with Crippen molar-refractivity contribution in [2.45, 2.75) is 33.2 Å². The van der Waals surface area contributed by atoms with Crippen molar-refractivity contribution in [1.29, 1.82) is 0 Å². The highest BCUT2D eigenvalue weighted by Gasteiger charge is 2.33. The molecule has 0 aromatic heterocycles. The smallest absolute Gasteiger partial charge is 0.267 e. The molecule has 0 unspecified atom stereocenters. The third-order valence-corrected chi connectivity index (χ3v) is 3.85. The van der Waals surface area contributed by atoms with Crippen LogP contribution in [0.2, 0.25) is 0 Å². The molecule has 0 spiro atoms. The van der Waals surface area contributed by atoms with Gasteiger partial charge in [0.15, 0.2) is 0 Å². The maximum atomic E-state index is 13.7. The van der Waals surface area contributed by atoms with E-state index in [2.05, 4.69) is 5.43 Å². The van der Waals surface area contributed by atoms with Gasteiger partial charge >= 0.3 is 0 Å². The Kier molecular flexibility index (Phi) is 5.58. The van der Waals surface area contributed by atoms with E-state index in [0.717, 1.165) is 11.1 Å². The van der Waals surface area contributed by atoms with Crippen molar-refractivity contribution < 1.29 is 18.9 Å². The van der Waals surface area contributed by atoms with Crippen LogP contribution in [-0.2, 0) is 0 Å². The molecule has 8 heteroatoms. The van der Waals surface area contributed by atoms with Crippen molar-refractivity contribution >= 4 is 17.5 Å². The fraction of sp³-hybridized carbons (Fsp3) is 0.263. The van der Waals surface area contributed by atoms with E-state index in [-0.39, 0.29) is 16.8 Å². The minimum absolute atomic E-state index is 0.0303. The molecule has 0 aliphatic rings. The van der Waals surface area contributed by atoms with Gasteiger partial charge in [-0.2, -0.15) is 0 Å². The number of para-hydroxylation sites is 1. The molecule has 27 heavy (non-hydrogen) atoms. The number of rotatable bonds is 3. The van der Waals surface area contributed by atoms with Crippen LogP contribution in [0.25, 0.3) is 0 Å². The third-order valence-electron chi connectivity index (χ3n) is 3.85. The maximum absolute atomic E-state index is 13.7. The number of halogens is 1. The number of carbonyl (C=O) groups excluding carboxylic acids is 2. The molecule has 1 N–H and O–H groups in total. The number of aryl methyl sites for hydroxylation is 1. The standard InChI is InChI=1S/C19H20FN3O4/c1-12-9-10-13(11-15(12)20)17(24)21-22(19(2,3)4)18(25)14-7-5-6-8-16(14)23(26)27/h5-11H,1-4H3,(H,21,24). The molecule has 2 rings (SSSR count). The predicted octanol–water partition coefficient (Wildman–Crippen LogP) is 3.63. The first-order chi connectivity index (χ1) is 12.5. The van der Waals surface area contributed by atoms with E-state index in [9.17, 15) is 24.1 Å². The Labute approximate surface area is 155 Å². The molecular weight excluding hydrogens is 353 g/mol. The Morgan fingerprint density at radius 3 is 2.33 bits per heavy atom. The maximum Gasteiger partial charge on any atom is 0.282 e. The van der Waals surface area contributed by atoms with Crippen molar-refractivity contribution in [3.8, 4) is 0 Å². The number of benzene rings is 2. The van der Waals surface area contributed by atoms with Gasteiger partial charge in [-0.1, -0.05) is 18.2 Å². The van der Waals surface area contributed by atoms with E-state index in [4.69, 9.17) is 0 Å². The van der Waals surface area contributed by atoms with E-state index in [0.29, 0.717) is 5.56 Å². The first-order valence-corrected chi connectivity index (χ1v) is 8.17. The van der Waals surface area contributed by atoms with Gasteiger partial charge in [-0.15, -0.1) is 0 Å². The number of hydrogen-bond donors (Lipinski definition) is 1. The molecule has 0 radical (unpaired) electrons. The first-order valence-electron chi connectivity index (χ1n) is 8.17. The first kappa shape index (κ1) is 20.0. The number of nitrogens with one attached hydrogen (secondary N) is 1. The normalized spacial score (nSPS) is 11.0. The van der Waals surface area contributed by atoms with Gasteiger partial charge in [-0.25, -0.2) is 9.40 Å². The summed E-state index contributed by atoms with van der Waals surface area (Å²) in [5.41, 5.74) is 1.44. The summed E-state index contributed by atoms with van der Waals surface area (Å²) in [5, 5.41) is 12.2. The summed E-state index contributed by atoms with van der Waals surface area (Å²) >= 11 is 0. The molecule has 0 saturated heterocycles. The summed E-state index contributed by atoms with van der Waals surface area (Å²) in [6, 6.07) is 9.44. The van der Waals surface area contributed by atoms with Crippen LogP contribution in [0.4, 0.5) is 10.1 Å². The van der Waals surface area contributed by atoms with Crippen LogP contribution in [0.5, 0.6) is 0 Å². The van der Waals surface area contributed by atoms with Crippen molar-refractivity contribution in [1.82, 2.24) is 10.4 Å². The number of nitro groups is 1. The highest BCUT2D eigenvalue weighted by atomic mass is 19.1. The molecule has 0 fully saturated rings. The van der Waals surface area contributed by atoms with Gasteiger partial charge in [0.05, 0.1) is 10.5 Å². The fourth-order valence-electron chi connectivity index (χ4n) is 2.36. The van der Waals surface area contributed by atoms with Crippen LogP contribution >= 0.6 is 0 Å². The Morgan fingerprint density at radius 2 is 1.78 bits per heavy atom. The Bertz CT molecular complexity index is 906. The lowest BCUT2D eigenvalue weighted by atomic mass is 10.1. The van der Waals surface area contributed by atoms with E-state index >= 15 is 0 Å². The molecule has 0 saturated carbocycles. The van der Waals surface area contributed by atoms with Gasteiger partial charge in [0.25, 0.3) is 17.5 Å². The monoisotopic (exact) mass is 373 g/mol. The summed E-state index contributed by atoms with van der Waals surface area (Å²) in [4.78, 5) is 36.0. The molecule has 0 bridgehead atoms. The van der Waals surface area contributed by atoms with Crippen molar-refractivity contribution in [3.63, 3.8) is 0 Å². The van der Waals surface area contributed by atoms with Crippen molar-refractivity contribution in [2.24, 2.45) is 0 Å². The topological polar surface area (TPSA) is 92.6 Å². The quantitative estimate of drug-likeness (QED) is 0.657. The molecule has 0 heterocycles. The third kappa shape index (κ3) is 4.46. The average molecular weight is 373 g/mol. The minimum atomic E-state index is -0.889. The number of hydrogen-bond acceptors (Lipinski definition) is 4. The van der Waals surface area contributed by atoms with Crippen LogP contribution < -0.4 is 5.43 Å². The zero-order valence-electron chi connectivity index (χ0n) is 15.4. The zero-order chi connectivity index (χ0) is 20.4. The summed E-state index contributed by atoms with van der Waals surface area (Å²) in [6.07, 6.45) is 0. The van der Waals surface area contributed by atoms with E-state index in [1.54, 1.807) is 27.7 Å². The lowest BCUT2D eigenvalue weighted by Crippen LogP contribution is -2.56. The summed E-state index contributed by atoms with van der Waals surface area (Å²) in [6.45, 7) is 6.55. The van der Waals surface area contributed by atoms with Gasteiger partial charge in [0, 0.05) is 11.6 Å². The second-order valence-corrected chi connectivity index (χ2v) is 6.99. The van der Waals surface area contributed by atoms with Gasteiger partial charge in [-0.05, 0) is 51.5 Å². The number of hydrazine groups is 1. The van der Waals surface area contributed by atoms with Gasteiger partial charge in [0.2, 0.25) is 0 Å². The van der Waals surface area contributed by atoms with Crippen LogP contribution in [0, 0.1) is 22.9 Å². The Balaban J connectivity index is 2.39. The molecule has 0 aliphatic carbocycles. The fourth-order valence-corrected chi connectivity index (χ4v) is 2.36. The molecule has 0 aliphatic heterocycles. The molecule has 2 aromatic carbocycles. The highest BCUT2D eigenvalue weighted by Crippen LogP contribution is 2.23. The summed E-state index contributed by atoms with van der Waals surface area (Å²) in [7, 11) is 0. The van der Waals surface area contributed by atoms with Crippen LogP contribution in [0.1, 0.15) is 47.1 Å². The van der Waals surface area contributed by atoms with Crippen molar-refractivity contribution in [2.75, 3.05) is 0 Å². The summed E-state index contributed by atoms with van der Waals surface area (Å²) < 4.78 is 13.7. The second-order valence-electron chi connectivity index (χ2n) is 6.99. The summed E-state index contributed by atoms with van der Waals surface area (Å²) in [5.74, 6) is -1.98. The molecule has 0 atom stereocenters. The van der Waals surface area contributed by atoms with E-state index in [1.165, 1.54) is 36.4 Å². The van der Waals surface area contributed by atoms with Crippen LogP contribution in [0.3, 0.4) is 0 Å². The molecular formula is C19H20FN3O4. The molecule has 2 aromatic rings. The predicted molar refractivity (Wildman–Crippen MR) is 97.6 cm³/mol. The van der Waals surface area contributed by atoms with Gasteiger partial charge in [-0.3, -0.25) is 25.1 Å². The molecule has 2 amide bonds. The lowest BCUT2D eigenvalue weighted by molar-refractivity contribution is -0.385. The van der Waals surface area contributed by atoms with Gasteiger partial charge in [0.1, 0.15) is 11.4 Å². The molecule has 142 valence electrons. The average Bonchev–Trinajstić information content (AvgIpc) is 2.60.